The summed E-state index contributed by atoms with van der Waals surface area (Å²) < 4.78 is 36.8. The third-order valence-electron chi connectivity index (χ3n) is 3.51. The molecule has 1 aromatic rings. The predicted octanol–water partition coefficient (Wildman–Crippen LogP) is 2.37. The van der Waals surface area contributed by atoms with Crippen LogP contribution in [0.15, 0.2) is 24.3 Å². The van der Waals surface area contributed by atoms with E-state index in [9.17, 15) is 18.3 Å². The van der Waals surface area contributed by atoms with E-state index in [1.807, 2.05) is 12.1 Å². The number of rotatable bonds is 5. The van der Waals surface area contributed by atoms with Crippen LogP contribution in [-0.4, -0.2) is 42.4 Å². The molecule has 3 nitrogen and oxygen atoms in total. The minimum absolute atomic E-state index is 0.239. The number of hydrogen-bond donors (Lipinski definition) is 2. The molecule has 1 atom stereocenters. The van der Waals surface area contributed by atoms with Crippen molar-refractivity contribution in [1.82, 2.24) is 10.2 Å². The molecule has 1 aliphatic rings. The van der Waals surface area contributed by atoms with E-state index in [1.54, 1.807) is 12.1 Å². The lowest BCUT2D eigenvalue weighted by Crippen LogP contribution is -2.33. The Hall–Kier alpha value is -1.27. The van der Waals surface area contributed by atoms with Crippen LogP contribution >= 0.6 is 0 Å². The predicted molar refractivity (Wildman–Crippen MR) is 70.4 cm³/mol. The number of hydrogen-bond acceptors (Lipinski definition) is 3. The molecule has 1 aromatic carbocycles. The summed E-state index contributed by atoms with van der Waals surface area (Å²) in [4.78, 5) is 1.45. The monoisotopic (exact) mass is 288 g/mol. The van der Waals surface area contributed by atoms with E-state index in [-0.39, 0.29) is 11.7 Å². The largest absolute Gasteiger partial charge is 0.508 e. The number of phenolic OH excluding ortho intramolecular Hbond substituents is 1. The maximum atomic E-state index is 12.3. The maximum absolute atomic E-state index is 12.3. The van der Waals surface area contributed by atoms with Gasteiger partial charge in [0.2, 0.25) is 0 Å². The van der Waals surface area contributed by atoms with Gasteiger partial charge in [-0.1, -0.05) is 18.2 Å². The van der Waals surface area contributed by atoms with Gasteiger partial charge < -0.3 is 10.4 Å². The Morgan fingerprint density at radius 3 is 2.75 bits per heavy atom. The fraction of sp³-hybridized carbons (Fsp3) is 0.571. The second kappa shape index (κ2) is 6.45. The SMILES string of the molecule is Oc1ccccc1CNCC1CCN(CC(F)(F)F)C1. The van der Waals surface area contributed by atoms with Crippen LogP contribution in [0.5, 0.6) is 5.75 Å². The van der Waals surface area contributed by atoms with Crippen molar-refractivity contribution in [2.24, 2.45) is 5.92 Å². The topological polar surface area (TPSA) is 35.5 Å². The highest BCUT2D eigenvalue weighted by Crippen LogP contribution is 2.22. The Morgan fingerprint density at radius 2 is 2.05 bits per heavy atom. The molecule has 0 radical (unpaired) electrons. The van der Waals surface area contributed by atoms with Gasteiger partial charge in [-0.2, -0.15) is 13.2 Å². The molecule has 1 aliphatic heterocycles. The average Bonchev–Trinajstić information content (AvgIpc) is 2.77. The average molecular weight is 288 g/mol. The third kappa shape index (κ3) is 4.68. The van der Waals surface area contributed by atoms with Crippen molar-refractivity contribution in [3.8, 4) is 5.75 Å². The molecule has 0 amide bonds. The van der Waals surface area contributed by atoms with Gasteiger partial charge in [0, 0.05) is 18.7 Å². The standard InChI is InChI=1S/C14H19F3N2O/c15-14(16,17)10-19-6-5-11(9-19)7-18-8-12-3-1-2-4-13(12)20/h1-4,11,18,20H,5-10H2. The van der Waals surface area contributed by atoms with Crippen molar-refractivity contribution < 1.29 is 18.3 Å². The van der Waals surface area contributed by atoms with Crippen molar-refractivity contribution in [2.45, 2.75) is 19.1 Å². The summed E-state index contributed by atoms with van der Waals surface area (Å²) in [6, 6.07) is 7.05. The van der Waals surface area contributed by atoms with Crippen LogP contribution in [0.25, 0.3) is 0 Å². The van der Waals surface area contributed by atoms with Crippen LogP contribution in [0.1, 0.15) is 12.0 Å². The number of benzene rings is 1. The van der Waals surface area contributed by atoms with E-state index in [2.05, 4.69) is 5.32 Å². The van der Waals surface area contributed by atoms with Gasteiger partial charge in [-0.05, 0) is 31.5 Å². The number of likely N-dealkylation sites (tertiary alicyclic amines) is 1. The minimum Gasteiger partial charge on any atom is -0.508 e. The lowest BCUT2D eigenvalue weighted by molar-refractivity contribution is -0.143. The van der Waals surface area contributed by atoms with Gasteiger partial charge in [-0.25, -0.2) is 0 Å². The smallest absolute Gasteiger partial charge is 0.401 e. The summed E-state index contributed by atoms with van der Waals surface area (Å²) in [5.41, 5.74) is 0.803. The highest BCUT2D eigenvalue weighted by Gasteiger charge is 2.34. The first-order valence-corrected chi connectivity index (χ1v) is 6.71. The Kier molecular flexibility index (Phi) is 4.88. The normalized spacial score (nSPS) is 20.4. The molecule has 0 bridgehead atoms. The first-order chi connectivity index (χ1) is 9.44. The summed E-state index contributed by atoms with van der Waals surface area (Å²) in [5.74, 6) is 0.480. The molecule has 1 fully saturated rings. The molecule has 0 aliphatic carbocycles. The summed E-state index contributed by atoms with van der Waals surface area (Å²) in [7, 11) is 0. The summed E-state index contributed by atoms with van der Waals surface area (Å²) in [5, 5.41) is 12.8. The van der Waals surface area contributed by atoms with Crippen LogP contribution in [0.2, 0.25) is 0 Å². The lowest BCUT2D eigenvalue weighted by atomic mass is 10.1. The summed E-state index contributed by atoms with van der Waals surface area (Å²) in [6.07, 6.45) is -3.33. The van der Waals surface area contributed by atoms with Crippen molar-refractivity contribution in [1.29, 1.82) is 0 Å². The fourth-order valence-corrected chi connectivity index (χ4v) is 2.55. The van der Waals surface area contributed by atoms with Crippen LogP contribution in [0.4, 0.5) is 13.2 Å². The zero-order valence-electron chi connectivity index (χ0n) is 11.2. The van der Waals surface area contributed by atoms with Crippen molar-refractivity contribution >= 4 is 0 Å². The molecule has 112 valence electrons. The van der Waals surface area contributed by atoms with Crippen molar-refractivity contribution in [3.63, 3.8) is 0 Å². The third-order valence-corrected chi connectivity index (χ3v) is 3.51. The minimum atomic E-state index is -4.11. The molecule has 0 saturated carbocycles. The van der Waals surface area contributed by atoms with E-state index in [1.165, 1.54) is 4.90 Å². The fourth-order valence-electron chi connectivity index (χ4n) is 2.55. The Labute approximate surface area is 116 Å². The maximum Gasteiger partial charge on any atom is 0.401 e. The molecule has 2 rings (SSSR count). The van der Waals surface area contributed by atoms with Crippen LogP contribution in [0, 0.1) is 5.92 Å². The van der Waals surface area contributed by atoms with Gasteiger partial charge in [0.05, 0.1) is 6.54 Å². The molecule has 1 saturated heterocycles. The molecule has 6 heteroatoms. The molecule has 0 spiro atoms. The Balaban J connectivity index is 1.70. The Morgan fingerprint density at radius 1 is 1.30 bits per heavy atom. The molecular formula is C14H19F3N2O. The molecule has 2 N–H and O–H groups in total. The number of para-hydroxylation sites is 1. The summed E-state index contributed by atoms with van der Waals surface area (Å²) in [6.45, 7) is 1.36. The molecule has 1 heterocycles. The molecule has 20 heavy (non-hydrogen) atoms. The van der Waals surface area contributed by atoms with Crippen molar-refractivity contribution in [2.75, 3.05) is 26.2 Å². The first kappa shape index (κ1) is 15.1. The summed E-state index contributed by atoms with van der Waals surface area (Å²) >= 11 is 0. The quantitative estimate of drug-likeness (QED) is 0.873. The van der Waals surface area contributed by atoms with Crippen LogP contribution in [0.3, 0.4) is 0 Å². The van der Waals surface area contributed by atoms with Crippen LogP contribution < -0.4 is 5.32 Å². The first-order valence-electron chi connectivity index (χ1n) is 6.71. The van der Waals surface area contributed by atoms with Gasteiger partial charge >= 0.3 is 6.18 Å². The van der Waals surface area contributed by atoms with Crippen LogP contribution in [-0.2, 0) is 6.54 Å². The van der Waals surface area contributed by atoms with E-state index < -0.39 is 12.7 Å². The lowest BCUT2D eigenvalue weighted by Gasteiger charge is -2.18. The van der Waals surface area contributed by atoms with Gasteiger partial charge in [0.25, 0.3) is 0 Å². The van der Waals surface area contributed by atoms with Gasteiger partial charge in [0.15, 0.2) is 0 Å². The molecule has 1 unspecified atom stereocenters. The molecular weight excluding hydrogens is 269 g/mol. The van der Waals surface area contributed by atoms with Gasteiger partial charge in [-0.3, -0.25) is 4.90 Å². The van der Waals surface area contributed by atoms with E-state index in [0.29, 0.717) is 26.2 Å². The van der Waals surface area contributed by atoms with Crippen molar-refractivity contribution in [3.05, 3.63) is 29.8 Å². The van der Waals surface area contributed by atoms with Gasteiger partial charge in [0.1, 0.15) is 5.75 Å². The number of alkyl halides is 3. The second-order valence-corrected chi connectivity index (χ2v) is 5.26. The van der Waals surface area contributed by atoms with E-state index in [0.717, 1.165) is 12.0 Å². The Bertz CT molecular complexity index is 437. The zero-order valence-corrected chi connectivity index (χ0v) is 11.2. The van der Waals surface area contributed by atoms with E-state index >= 15 is 0 Å². The number of nitrogens with zero attached hydrogens (tertiary/aromatic N) is 1. The van der Waals surface area contributed by atoms with E-state index in [4.69, 9.17) is 0 Å². The second-order valence-electron chi connectivity index (χ2n) is 5.26. The highest BCUT2D eigenvalue weighted by atomic mass is 19.4. The number of halogens is 3. The number of phenols is 1. The highest BCUT2D eigenvalue weighted by molar-refractivity contribution is 5.31. The number of aromatic hydroxyl groups is 1. The van der Waals surface area contributed by atoms with Gasteiger partial charge in [-0.15, -0.1) is 0 Å². The zero-order chi connectivity index (χ0) is 14.6. The molecule has 0 aromatic heterocycles. The number of nitrogens with one attached hydrogen (secondary N) is 1.